The van der Waals surface area contributed by atoms with Crippen molar-refractivity contribution in [3.05, 3.63) is 35.4 Å². The second-order valence-corrected chi connectivity index (χ2v) is 5.20. The highest BCUT2D eigenvalue weighted by Crippen LogP contribution is 2.13. The lowest BCUT2D eigenvalue weighted by atomic mass is 10.1. The van der Waals surface area contributed by atoms with Crippen molar-refractivity contribution in [3.63, 3.8) is 0 Å². The summed E-state index contributed by atoms with van der Waals surface area (Å²) in [4.78, 5) is 11.8. The van der Waals surface area contributed by atoms with Gasteiger partial charge in [-0.15, -0.1) is 11.8 Å². The van der Waals surface area contributed by atoms with Crippen LogP contribution < -0.4 is 0 Å². The largest absolute Gasteiger partial charge is 0.395 e. The lowest BCUT2D eigenvalue weighted by molar-refractivity contribution is 0.102. The average Bonchev–Trinajstić information content (AvgIpc) is 2.35. The second kappa shape index (κ2) is 6.71. The minimum absolute atomic E-state index is 0.118. The van der Waals surface area contributed by atoms with Gasteiger partial charge in [-0.25, -0.2) is 0 Å². The summed E-state index contributed by atoms with van der Waals surface area (Å²) < 4.78 is 0. The predicted octanol–water partition coefficient (Wildman–Crippen LogP) is 2.55. The summed E-state index contributed by atoms with van der Waals surface area (Å²) in [5.74, 6) is 0.570. The third-order valence-electron chi connectivity index (χ3n) is 2.44. The van der Waals surface area contributed by atoms with Crippen molar-refractivity contribution >= 4 is 17.5 Å². The summed E-state index contributed by atoms with van der Waals surface area (Å²) in [5, 5.41) is 8.98. The lowest BCUT2D eigenvalue weighted by Crippen LogP contribution is -2.09. The summed E-state index contributed by atoms with van der Waals surface area (Å²) in [5.41, 5.74) is 2.00. The first-order chi connectivity index (χ1) is 7.67. The number of Topliss-reactive ketones (excluding diaryl/α,β-unsaturated/α-hetero) is 1. The fourth-order valence-corrected chi connectivity index (χ4v) is 1.99. The van der Waals surface area contributed by atoms with Crippen LogP contribution in [0.3, 0.4) is 0 Å². The van der Waals surface area contributed by atoms with E-state index in [9.17, 15) is 4.79 Å². The van der Waals surface area contributed by atoms with Gasteiger partial charge in [0.05, 0.1) is 12.4 Å². The Morgan fingerprint density at radius 1 is 1.38 bits per heavy atom. The molecule has 1 N–H and O–H groups in total. The summed E-state index contributed by atoms with van der Waals surface area (Å²) in [6.45, 7) is 4.13. The van der Waals surface area contributed by atoms with E-state index in [0.29, 0.717) is 5.75 Å². The van der Waals surface area contributed by atoms with Crippen molar-refractivity contribution in [2.75, 3.05) is 12.4 Å². The molecule has 0 saturated carbocycles. The topological polar surface area (TPSA) is 37.3 Å². The minimum Gasteiger partial charge on any atom is -0.395 e. The standard InChI is InChI=1S/C13H18O2S/c1-3-11-4-6-12(7-5-11)13(15)9-16-10(2)8-14/h4-7,10,14H,3,8-9H2,1-2H3. The Balaban J connectivity index is 2.52. The van der Waals surface area contributed by atoms with E-state index in [1.807, 2.05) is 31.2 Å². The van der Waals surface area contributed by atoms with Crippen LogP contribution >= 0.6 is 11.8 Å². The fraction of sp³-hybridized carbons (Fsp3) is 0.462. The van der Waals surface area contributed by atoms with Crippen LogP contribution in [0.5, 0.6) is 0 Å². The maximum absolute atomic E-state index is 11.8. The smallest absolute Gasteiger partial charge is 0.172 e. The quantitative estimate of drug-likeness (QED) is 0.774. The van der Waals surface area contributed by atoms with Gasteiger partial charge in [-0.05, 0) is 12.0 Å². The SMILES string of the molecule is CCc1ccc(C(=O)CSC(C)CO)cc1. The summed E-state index contributed by atoms with van der Waals surface area (Å²) in [6.07, 6.45) is 0.991. The zero-order valence-electron chi connectivity index (χ0n) is 9.77. The molecule has 0 bridgehead atoms. The van der Waals surface area contributed by atoms with Gasteiger partial charge in [0.15, 0.2) is 5.78 Å². The molecule has 3 heteroatoms. The number of aliphatic hydroxyl groups excluding tert-OH is 1. The summed E-state index contributed by atoms with van der Waals surface area (Å²) in [6, 6.07) is 7.75. The van der Waals surface area contributed by atoms with Gasteiger partial charge in [0.25, 0.3) is 0 Å². The number of benzene rings is 1. The van der Waals surface area contributed by atoms with Crippen LogP contribution in [0, 0.1) is 0 Å². The Labute approximate surface area is 101 Å². The Kier molecular flexibility index (Phi) is 5.56. The number of thioether (sulfide) groups is 1. The van der Waals surface area contributed by atoms with Gasteiger partial charge in [0.1, 0.15) is 0 Å². The molecule has 1 unspecified atom stereocenters. The molecule has 16 heavy (non-hydrogen) atoms. The van der Waals surface area contributed by atoms with Crippen molar-refractivity contribution in [1.82, 2.24) is 0 Å². The molecule has 1 aromatic carbocycles. The third kappa shape index (κ3) is 3.99. The number of carbonyl (C=O) groups is 1. The van der Waals surface area contributed by atoms with E-state index in [1.54, 1.807) is 0 Å². The molecule has 0 fully saturated rings. The molecule has 1 aromatic rings. The van der Waals surface area contributed by atoms with Crippen molar-refractivity contribution in [1.29, 1.82) is 0 Å². The molecular weight excluding hydrogens is 220 g/mol. The molecule has 2 nitrogen and oxygen atoms in total. The van der Waals surface area contributed by atoms with Crippen molar-refractivity contribution in [3.8, 4) is 0 Å². The first-order valence-electron chi connectivity index (χ1n) is 5.52. The molecule has 0 amide bonds. The Bertz CT molecular complexity index is 332. The van der Waals surface area contributed by atoms with Crippen molar-refractivity contribution in [2.45, 2.75) is 25.5 Å². The molecule has 0 aliphatic rings. The van der Waals surface area contributed by atoms with Crippen LogP contribution in [0.1, 0.15) is 29.8 Å². The highest BCUT2D eigenvalue weighted by Gasteiger charge is 2.08. The number of aryl methyl sites for hydroxylation is 1. The van der Waals surface area contributed by atoms with Gasteiger partial charge in [-0.3, -0.25) is 4.79 Å². The van der Waals surface area contributed by atoms with Crippen molar-refractivity contribution < 1.29 is 9.90 Å². The van der Waals surface area contributed by atoms with Gasteiger partial charge in [-0.1, -0.05) is 38.1 Å². The van der Waals surface area contributed by atoms with Gasteiger partial charge in [0.2, 0.25) is 0 Å². The van der Waals surface area contributed by atoms with E-state index in [-0.39, 0.29) is 17.6 Å². The first-order valence-corrected chi connectivity index (χ1v) is 6.56. The Morgan fingerprint density at radius 2 is 2.00 bits per heavy atom. The number of hydrogen-bond acceptors (Lipinski definition) is 3. The maximum atomic E-state index is 11.8. The average molecular weight is 238 g/mol. The van der Waals surface area contributed by atoms with E-state index in [2.05, 4.69) is 6.92 Å². The zero-order valence-corrected chi connectivity index (χ0v) is 10.6. The van der Waals surface area contributed by atoms with Gasteiger partial charge >= 0.3 is 0 Å². The summed E-state index contributed by atoms with van der Waals surface area (Å²) >= 11 is 1.49. The van der Waals surface area contributed by atoms with Crippen LogP contribution in [0.15, 0.2) is 24.3 Å². The minimum atomic E-state index is 0.118. The van der Waals surface area contributed by atoms with E-state index in [1.165, 1.54) is 17.3 Å². The number of carbonyl (C=O) groups excluding carboxylic acids is 1. The normalized spacial score (nSPS) is 12.4. The highest BCUT2D eigenvalue weighted by molar-refractivity contribution is 8.00. The van der Waals surface area contributed by atoms with Crippen LogP contribution in [0.4, 0.5) is 0 Å². The number of ketones is 1. The van der Waals surface area contributed by atoms with Crippen LogP contribution in [-0.2, 0) is 6.42 Å². The molecule has 0 spiro atoms. The van der Waals surface area contributed by atoms with E-state index >= 15 is 0 Å². The maximum Gasteiger partial charge on any atom is 0.172 e. The first kappa shape index (κ1) is 13.3. The molecular formula is C13H18O2S. The molecule has 0 aliphatic carbocycles. The molecule has 0 radical (unpaired) electrons. The number of aliphatic hydroxyl groups is 1. The monoisotopic (exact) mass is 238 g/mol. The third-order valence-corrected chi connectivity index (χ3v) is 3.59. The highest BCUT2D eigenvalue weighted by atomic mass is 32.2. The summed E-state index contributed by atoms with van der Waals surface area (Å²) in [7, 11) is 0. The van der Waals surface area contributed by atoms with Crippen LogP contribution in [-0.4, -0.2) is 28.5 Å². The van der Waals surface area contributed by atoms with E-state index < -0.39 is 0 Å². The van der Waals surface area contributed by atoms with Gasteiger partial charge in [0, 0.05) is 10.8 Å². The predicted molar refractivity (Wildman–Crippen MR) is 69.2 cm³/mol. The van der Waals surface area contributed by atoms with Crippen molar-refractivity contribution in [2.24, 2.45) is 0 Å². The zero-order chi connectivity index (χ0) is 12.0. The molecule has 1 rings (SSSR count). The van der Waals surface area contributed by atoms with Crippen LogP contribution in [0.2, 0.25) is 0 Å². The second-order valence-electron chi connectivity index (χ2n) is 3.78. The number of hydrogen-bond donors (Lipinski definition) is 1. The molecule has 0 aliphatic heterocycles. The molecule has 1 atom stereocenters. The van der Waals surface area contributed by atoms with E-state index in [0.717, 1.165) is 12.0 Å². The van der Waals surface area contributed by atoms with Crippen LogP contribution in [0.25, 0.3) is 0 Å². The Morgan fingerprint density at radius 3 is 2.50 bits per heavy atom. The molecule has 88 valence electrons. The molecule has 0 aromatic heterocycles. The molecule has 0 saturated heterocycles. The van der Waals surface area contributed by atoms with Gasteiger partial charge < -0.3 is 5.11 Å². The van der Waals surface area contributed by atoms with E-state index in [4.69, 9.17) is 5.11 Å². The lowest BCUT2D eigenvalue weighted by Gasteiger charge is -2.06. The fourth-order valence-electron chi connectivity index (χ4n) is 1.28. The number of rotatable bonds is 6. The molecule has 0 heterocycles. The van der Waals surface area contributed by atoms with Gasteiger partial charge in [-0.2, -0.15) is 0 Å². The Hall–Kier alpha value is -0.800.